The Morgan fingerprint density at radius 3 is 2.57 bits per heavy atom. The number of hydrogen-bond acceptors (Lipinski definition) is 6. The molecule has 2 fully saturated rings. The Balaban J connectivity index is 0.00000196. The predicted molar refractivity (Wildman–Crippen MR) is 114 cm³/mol. The lowest BCUT2D eigenvalue weighted by atomic mass is 9.85. The number of nitrogens with one attached hydrogen (secondary N) is 1. The van der Waals surface area contributed by atoms with Crippen LogP contribution in [0, 0.1) is 5.92 Å². The summed E-state index contributed by atoms with van der Waals surface area (Å²) in [5, 5.41) is 2.91. The molecule has 0 radical (unpaired) electrons. The molecule has 1 aliphatic heterocycles. The fraction of sp³-hybridized carbons (Fsp3) is 0.579. The number of carbonyl (C=O) groups is 2. The second-order valence-corrected chi connectivity index (χ2v) is 6.93. The molecule has 7 nitrogen and oxygen atoms in total. The zero-order valence-electron chi connectivity index (χ0n) is 16.0. The molecule has 2 atom stereocenters. The van der Waals surface area contributed by atoms with Crippen LogP contribution in [0.25, 0.3) is 0 Å². The molecule has 158 valence electrons. The predicted octanol–water partition coefficient (Wildman–Crippen LogP) is 2.61. The molecule has 2 aliphatic rings. The van der Waals surface area contributed by atoms with Crippen LogP contribution in [0.5, 0.6) is 0 Å². The molecule has 1 saturated heterocycles. The summed E-state index contributed by atoms with van der Waals surface area (Å²) in [6, 6.07) is 5.54. The highest BCUT2D eigenvalue weighted by Crippen LogP contribution is 2.28. The third kappa shape index (κ3) is 5.98. The number of morpholine rings is 1. The molecule has 3 rings (SSSR count). The summed E-state index contributed by atoms with van der Waals surface area (Å²) < 4.78 is 10.3. The van der Waals surface area contributed by atoms with E-state index in [2.05, 4.69) is 10.2 Å². The average molecular weight is 434 g/mol. The first-order valence-corrected chi connectivity index (χ1v) is 9.20. The monoisotopic (exact) mass is 433 g/mol. The normalized spacial score (nSPS) is 21.7. The maximum atomic E-state index is 12.6. The lowest BCUT2D eigenvalue weighted by Gasteiger charge is -2.29. The molecular weight excluding hydrogens is 405 g/mol. The minimum Gasteiger partial charge on any atom is -0.465 e. The van der Waals surface area contributed by atoms with Crippen LogP contribution in [0.4, 0.5) is 11.4 Å². The third-order valence-corrected chi connectivity index (χ3v) is 5.13. The number of ether oxygens (including phenoxy) is 2. The van der Waals surface area contributed by atoms with E-state index in [0.717, 1.165) is 38.0 Å². The fourth-order valence-electron chi connectivity index (χ4n) is 3.64. The van der Waals surface area contributed by atoms with E-state index in [1.165, 1.54) is 7.11 Å². The second kappa shape index (κ2) is 11.5. The average Bonchev–Trinajstić information content (AvgIpc) is 2.68. The Kier molecular flexibility index (Phi) is 10.0. The maximum Gasteiger partial charge on any atom is 0.340 e. The molecule has 9 heteroatoms. The number of halogens is 2. The Morgan fingerprint density at radius 1 is 1.21 bits per heavy atom. The van der Waals surface area contributed by atoms with Gasteiger partial charge < -0.3 is 25.4 Å². The Bertz CT molecular complexity index is 669. The number of anilines is 2. The van der Waals surface area contributed by atoms with Gasteiger partial charge in [-0.15, -0.1) is 24.8 Å². The number of esters is 1. The van der Waals surface area contributed by atoms with Crippen LogP contribution in [-0.2, 0) is 14.3 Å². The molecule has 0 spiro atoms. The van der Waals surface area contributed by atoms with Gasteiger partial charge in [-0.05, 0) is 37.5 Å². The molecule has 1 aromatic rings. The van der Waals surface area contributed by atoms with Crippen molar-refractivity contribution < 1.29 is 19.1 Å². The minimum atomic E-state index is -0.462. The Hall–Kier alpha value is -1.54. The molecule has 0 bridgehead atoms. The maximum absolute atomic E-state index is 12.6. The van der Waals surface area contributed by atoms with Crippen LogP contribution < -0.4 is 16.0 Å². The first-order valence-electron chi connectivity index (χ1n) is 9.20. The summed E-state index contributed by atoms with van der Waals surface area (Å²) in [6.07, 6.45) is 3.44. The summed E-state index contributed by atoms with van der Waals surface area (Å²) in [5.74, 6) is -0.650. The third-order valence-electron chi connectivity index (χ3n) is 5.13. The van der Waals surface area contributed by atoms with Crippen molar-refractivity contribution in [2.75, 3.05) is 43.6 Å². The van der Waals surface area contributed by atoms with Gasteiger partial charge in [-0.1, -0.05) is 6.42 Å². The summed E-state index contributed by atoms with van der Waals surface area (Å²) in [7, 11) is 1.34. The summed E-state index contributed by atoms with van der Waals surface area (Å²) in [6.45, 7) is 2.86. The molecule has 0 aromatic heterocycles. The Labute approximate surface area is 178 Å². The SMILES string of the molecule is COC(=O)c1cc(N2CCOCC2)ccc1NC(=O)C1CCCC(N)C1.Cl.Cl. The fourth-order valence-corrected chi connectivity index (χ4v) is 3.64. The summed E-state index contributed by atoms with van der Waals surface area (Å²) in [4.78, 5) is 27.0. The van der Waals surface area contributed by atoms with E-state index >= 15 is 0 Å². The molecule has 1 heterocycles. The molecule has 1 aliphatic carbocycles. The van der Waals surface area contributed by atoms with Gasteiger partial charge in [0.05, 0.1) is 31.6 Å². The first-order chi connectivity index (χ1) is 12.6. The van der Waals surface area contributed by atoms with Crippen LogP contribution in [0.15, 0.2) is 18.2 Å². The van der Waals surface area contributed by atoms with Crippen LogP contribution in [0.2, 0.25) is 0 Å². The number of nitrogens with zero attached hydrogens (tertiary/aromatic N) is 1. The van der Waals surface area contributed by atoms with Gasteiger partial charge in [0, 0.05) is 30.7 Å². The Morgan fingerprint density at radius 2 is 1.93 bits per heavy atom. The summed E-state index contributed by atoms with van der Waals surface area (Å²) >= 11 is 0. The van der Waals surface area contributed by atoms with Gasteiger partial charge in [-0.3, -0.25) is 4.79 Å². The molecule has 1 aromatic carbocycles. The smallest absolute Gasteiger partial charge is 0.340 e. The number of benzene rings is 1. The molecule has 28 heavy (non-hydrogen) atoms. The van der Waals surface area contributed by atoms with Crippen molar-refractivity contribution in [1.82, 2.24) is 0 Å². The number of amides is 1. The zero-order valence-corrected chi connectivity index (χ0v) is 17.7. The highest BCUT2D eigenvalue weighted by atomic mass is 35.5. The van der Waals surface area contributed by atoms with E-state index in [0.29, 0.717) is 30.9 Å². The second-order valence-electron chi connectivity index (χ2n) is 6.93. The van der Waals surface area contributed by atoms with E-state index in [9.17, 15) is 9.59 Å². The van der Waals surface area contributed by atoms with E-state index in [4.69, 9.17) is 15.2 Å². The molecule has 1 saturated carbocycles. The number of carbonyl (C=O) groups excluding carboxylic acids is 2. The molecule has 2 unspecified atom stereocenters. The van der Waals surface area contributed by atoms with Crippen molar-refractivity contribution >= 4 is 48.1 Å². The number of nitrogens with two attached hydrogens (primary N) is 1. The van der Waals surface area contributed by atoms with E-state index in [-0.39, 0.29) is 42.7 Å². The van der Waals surface area contributed by atoms with Crippen molar-refractivity contribution in [2.45, 2.75) is 31.7 Å². The summed E-state index contributed by atoms with van der Waals surface area (Å²) in [5.41, 5.74) is 7.76. The number of methoxy groups -OCH3 is 1. The standard InChI is InChI=1S/C19H27N3O4.2ClH/c1-25-19(24)16-12-15(22-7-9-26-10-8-22)5-6-17(16)21-18(23)13-3-2-4-14(20)11-13;;/h5-6,12-14H,2-4,7-11,20H2,1H3,(H,21,23);2*1H. The van der Waals surface area contributed by atoms with Crippen LogP contribution >= 0.6 is 24.8 Å². The highest BCUT2D eigenvalue weighted by molar-refractivity contribution is 6.02. The number of hydrogen-bond donors (Lipinski definition) is 2. The van der Waals surface area contributed by atoms with Gasteiger partial charge in [-0.2, -0.15) is 0 Å². The van der Waals surface area contributed by atoms with E-state index in [1.54, 1.807) is 12.1 Å². The van der Waals surface area contributed by atoms with Gasteiger partial charge in [0.25, 0.3) is 0 Å². The molecule has 1 amide bonds. The largest absolute Gasteiger partial charge is 0.465 e. The van der Waals surface area contributed by atoms with Crippen molar-refractivity contribution in [2.24, 2.45) is 11.7 Å². The molecule has 3 N–H and O–H groups in total. The van der Waals surface area contributed by atoms with Crippen LogP contribution in [0.3, 0.4) is 0 Å². The van der Waals surface area contributed by atoms with Crippen LogP contribution in [0.1, 0.15) is 36.0 Å². The number of rotatable bonds is 4. The molecular formula is C19H29Cl2N3O4. The van der Waals surface area contributed by atoms with Gasteiger partial charge in [0.15, 0.2) is 0 Å². The lowest BCUT2D eigenvalue weighted by Crippen LogP contribution is -2.36. The van der Waals surface area contributed by atoms with E-state index < -0.39 is 5.97 Å². The van der Waals surface area contributed by atoms with Crippen molar-refractivity contribution in [3.8, 4) is 0 Å². The first kappa shape index (κ1) is 24.5. The zero-order chi connectivity index (χ0) is 18.5. The topological polar surface area (TPSA) is 93.9 Å². The van der Waals surface area contributed by atoms with E-state index in [1.807, 2.05) is 6.07 Å². The van der Waals surface area contributed by atoms with Gasteiger partial charge in [-0.25, -0.2) is 4.79 Å². The highest BCUT2D eigenvalue weighted by Gasteiger charge is 2.26. The minimum absolute atomic E-state index is 0. The van der Waals surface area contributed by atoms with Gasteiger partial charge >= 0.3 is 5.97 Å². The van der Waals surface area contributed by atoms with Crippen molar-refractivity contribution in [3.05, 3.63) is 23.8 Å². The van der Waals surface area contributed by atoms with Crippen LogP contribution in [-0.4, -0.2) is 51.3 Å². The van der Waals surface area contributed by atoms with Crippen molar-refractivity contribution in [3.63, 3.8) is 0 Å². The van der Waals surface area contributed by atoms with Gasteiger partial charge in [0.1, 0.15) is 0 Å². The van der Waals surface area contributed by atoms with Gasteiger partial charge in [0.2, 0.25) is 5.91 Å². The lowest BCUT2D eigenvalue weighted by molar-refractivity contribution is -0.120. The quantitative estimate of drug-likeness (QED) is 0.708. The van der Waals surface area contributed by atoms with Crippen molar-refractivity contribution in [1.29, 1.82) is 0 Å².